The summed E-state index contributed by atoms with van der Waals surface area (Å²) in [7, 11) is 0. The highest BCUT2D eigenvalue weighted by Gasteiger charge is 2.44. The Hall–Kier alpha value is -0.810. The molecule has 184 valence electrons. The highest BCUT2D eigenvalue weighted by Crippen LogP contribution is 2.22. The van der Waals surface area contributed by atoms with Crippen LogP contribution in [0.25, 0.3) is 0 Å². The molecule has 7 atom stereocenters. The molecule has 0 aromatic heterocycles. The minimum Gasteiger partial charge on any atom is -0.394 e. The molecular weight excluding hydrogens is 406 g/mol. The molecule has 1 heterocycles. The van der Waals surface area contributed by atoms with Gasteiger partial charge in [0, 0.05) is 6.42 Å². The zero-order valence-corrected chi connectivity index (χ0v) is 19.0. The first-order chi connectivity index (χ1) is 14.8. The maximum Gasteiger partial charge on any atom is 0.220 e. The van der Waals surface area contributed by atoms with Crippen LogP contribution >= 0.6 is 0 Å². The maximum atomic E-state index is 11.9. The number of aliphatic hydroxyl groups excluding tert-OH is 5. The van der Waals surface area contributed by atoms with Crippen LogP contribution in [0.15, 0.2) is 0 Å². The Morgan fingerprint density at radius 3 is 2.16 bits per heavy atom. The summed E-state index contributed by atoms with van der Waals surface area (Å²) in [6.07, 6.45) is 2.14. The number of rotatable bonds is 16. The van der Waals surface area contributed by atoms with Crippen molar-refractivity contribution in [3.05, 3.63) is 0 Å². The molecule has 1 aliphatic rings. The van der Waals surface area contributed by atoms with Crippen LogP contribution in [-0.4, -0.2) is 87.5 Å². The molecule has 9 heteroatoms. The normalized spacial score (nSPS) is 28.3. The molecule has 0 saturated carbocycles. The molecule has 9 nitrogen and oxygen atoms in total. The third kappa shape index (κ3) is 10.1. The Morgan fingerprint density at radius 2 is 1.58 bits per heavy atom. The van der Waals surface area contributed by atoms with Crippen LogP contribution in [0.1, 0.15) is 78.1 Å². The molecular formula is C22H43NO8. The molecule has 0 bridgehead atoms. The van der Waals surface area contributed by atoms with E-state index in [1.165, 1.54) is 32.1 Å². The smallest absolute Gasteiger partial charge is 0.220 e. The van der Waals surface area contributed by atoms with Crippen molar-refractivity contribution in [3.63, 3.8) is 0 Å². The first-order valence-corrected chi connectivity index (χ1v) is 11.7. The molecule has 6 N–H and O–H groups in total. The molecule has 1 fully saturated rings. The Bertz CT molecular complexity index is 478. The summed E-state index contributed by atoms with van der Waals surface area (Å²) < 4.78 is 10.8. The monoisotopic (exact) mass is 449 g/mol. The number of carbonyl (C=O) groups is 1. The summed E-state index contributed by atoms with van der Waals surface area (Å²) in [5.74, 6) is -0.239. The van der Waals surface area contributed by atoms with Gasteiger partial charge in [-0.05, 0) is 6.42 Å². The van der Waals surface area contributed by atoms with Gasteiger partial charge in [0.25, 0.3) is 0 Å². The van der Waals surface area contributed by atoms with Crippen molar-refractivity contribution in [3.8, 4) is 0 Å². The van der Waals surface area contributed by atoms with E-state index in [2.05, 4.69) is 12.2 Å². The number of amides is 1. The second-order valence-electron chi connectivity index (χ2n) is 8.39. The topological polar surface area (TPSA) is 149 Å². The van der Waals surface area contributed by atoms with Gasteiger partial charge in [-0.2, -0.15) is 0 Å². The molecule has 1 rings (SSSR count). The Morgan fingerprint density at radius 1 is 0.968 bits per heavy atom. The lowest BCUT2D eigenvalue weighted by Crippen LogP contribution is -2.60. The average molecular weight is 450 g/mol. The third-order valence-electron chi connectivity index (χ3n) is 5.77. The van der Waals surface area contributed by atoms with Crippen LogP contribution in [0.3, 0.4) is 0 Å². The molecule has 1 aliphatic heterocycles. The fourth-order valence-corrected chi connectivity index (χ4v) is 3.65. The van der Waals surface area contributed by atoms with Gasteiger partial charge in [-0.15, -0.1) is 0 Å². The van der Waals surface area contributed by atoms with Crippen LogP contribution in [0.4, 0.5) is 0 Å². The Balaban J connectivity index is 2.49. The minimum absolute atomic E-state index is 0.146. The summed E-state index contributed by atoms with van der Waals surface area (Å²) in [6.45, 7) is 3.20. The van der Waals surface area contributed by atoms with Gasteiger partial charge < -0.3 is 40.3 Å². The summed E-state index contributed by atoms with van der Waals surface area (Å²) in [5, 5.41) is 52.4. The number of hydrogen-bond acceptors (Lipinski definition) is 8. The van der Waals surface area contributed by atoms with Crippen molar-refractivity contribution in [1.29, 1.82) is 0 Å². The third-order valence-corrected chi connectivity index (χ3v) is 5.77. The van der Waals surface area contributed by atoms with Crippen LogP contribution in [0.5, 0.6) is 0 Å². The first-order valence-electron chi connectivity index (χ1n) is 11.7. The lowest BCUT2D eigenvalue weighted by atomic mass is 9.99. The number of ether oxygens (including phenoxy) is 2. The zero-order valence-electron chi connectivity index (χ0n) is 19.0. The number of carbonyl (C=O) groups excluding carboxylic acids is 1. The molecule has 7 unspecified atom stereocenters. The van der Waals surface area contributed by atoms with E-state index in [0.717, 1.165) is 19.3 Å². The molecule has 31 heavy (non-hydrogen) atoms. The maximum absolute atomic E-state index is 11.9. The number of hydrogen-bond donors (Lipinski definition) is 6. The quantitative estimate of drug-likeness (QED) is 0.188. The van der Waals surface area contributed by atoms with Gasteiger partial charge in [-0.25, -0.2) is 0 Å². The van der Waals surface area contributed by atoms with Crippen molar-refractivity contribution < 1.29 is 39.8 Å². The van der Waals surface area contributed by atoms with Crippen LogP contribution in [-0.2, 0) is 14.3 Å². The molecule has 1 amide bonds. The SMILES string of the molecule is CCCCCCCCCCC(O)C(COC1OC(CO)C(O)C(O)C1O)NC(=O)CC. The Kier molecular flexibility index (Phi) is 14.5. The second kappa shape index (κ2) is 15.9. The molecule has 0 aromatic rings. The summed E-state index contributed by atoms with van der Waals surface area (Å²) >= 11 is 0. The average Bonchev–Trinajstić information content (AvgIpc) is 2.77. The van der Waals surface area contributed by atoms with Crippen LogP contribution < -0.4 is 5.32 Å². The van der Waals surface area contributed by atoms with E-state index in [1.54, 1.807) is 6.92 Å². The number of aliphatic hydroxyl groups is 5. The zero-order chi connectivity index (χ0) is 23.2. The molecule has 0 radical (unpaired) electrons. The molecule has 0 spiro atoms. The fraction of sp³-hybridized carbons (Fsp3) is 0.955. The van der Waals surface area contributed by atoms with Gasteiger partial charge in [0.1, 0.15) is 24.4 Å². The van der Waals surface area contributed by atoms with Crippen LogP contribution in [0, 0.1) is 0 Å². The van der Waals surface area contributed by atoms with Gasteiger partial charge >= 0.3 is 0 Å². The van der Waals surface area contributed by atoms with Crippen molar-refractivity contribution in [2.75, 3.05) is 13.2 Å². The van der Waals surface area contributed by atoms with E-state index in [0.29, 0.717) is 6.42 Å². The summed E-state index contributed by atoms with van der Waals surface area (Å²) in [6, 6.07) is -0.704. The van der Waals surface area contributed by atoms with Gasteiger partial charge in [-0.1, -0.05) is 65.2 Å². The predicted octanol–water partition coefficient (Wildman–Crippen LogP) is 0.589. The lowest BCUT2D eigenvalue weighted by Gasteiger charge is -2.40. The first kappa shape index (κ1) is 28.2. The Labute approximate surface area is 185 Å². The van der Waals surface area contributed by atoms with Crippen molar-refractivity contribution in [1.82, 2.24) is 5.32 Å². The van der Waals surface area contributed by atoms with Crippen LogP contribution in [0.2, 0.25) is 0 Å². The number of unbranched alkanes of at least 4 members (excludes halogenated alkanes) is 7. The van der Waals surface area contributed by atoms with E-state index in [-0.39, 0.29) is 18.9 Å². The van der Waals surface area contributed by atoms with E-state index in [1.807, 2.05) is 0 Å². The summed E-state index contributed by atoms with van der Waals surface area (Å²) in [5.41, 5.74) is 0. The van der Waals surface area contributed by atoms with Gasteiger partial charge in [-0.3, -0.25) is 4.79 Å². The standard InChI is InChI=1S/C22H43NO8/c1-3-5-6-7-8-9-10-11-12-16(25)15(23-18(26)4-2)14-30-22-21(29)20(28)19(27)17(13-24)31-22/h15-17,19-22,24-25,27-29H,3-14H2,1-2H3,(H,23,26). The number of nitrogens with one attached hydrogen (secondary N) is 1. The lowest BCUT2D eigenvalue weighted by molar-refractivity contribution is -0.302. The van der Waals surface area contributed by atoms with E-state index >= 15 is 0 Å². The van der Waals surface area contributed by atoms with Crippen molar-refractivity contribution in [2.45, 2.75) is 121 Å². The second-order valence-corrected chi connectivity index (χ2v) is 8.39. The van der Waals surface area contributed by atoms with Crippen molar-refractivity contribution in [2.24, 2.45) is 0 Å². The molecule has 0 aliphatic carbocycles. The summed E-state index contributed by atoms with van der Waals surface area (Å²) in [4.78, 5) is 11.9. The largest absolute Gasteiger partial charge is 0.394 e. The van der Waals surface area contributed by atoms with Gasteiger partial charge in [0.15, 0.2) is 6.29 Å². The molecule has 0 aromatic carbocycles. The van der Waals surface area contributed by atoms with E-state index in [9.17, 15) is 30.3 Å². The highest BCUT2D eigenvalue weighted by molar-refractivity contribution is 5.75. The fourth-order valence-electron chi connectivity index (χ4n) is 3.65. The minimum atomic E-state index is -1.54. The van der Waals surface area contributed by atoms with E-state index < -0.39 is 49.5 Å². The highest BCUT2D eigenvalue weighted by atomic mass is 16.7. The predicted molar refractivity (Wildman–Crippen MR) is 115 cm³/mol. The van der Waals surface area contributed by atoms with E-state index in [4.69, 9.17) is 9.47 Å². The molecule has 1 saturated heterocycles. The van der Waals surface area contributed by atoms with Gasteiger partial charge in [0.2, 0.25) is 5.91 Å². The van der Waals surface area contributed by atoms with Crippen molar-refractivity contribution >= 4 is 5.91 Å². The van der Waals surface area contributed by atoms with Gasteiger partial charge in [0.05, 0.1) is 25.4 Å².